The van der Waals surface area contributed by atoms with Crippen LogP contribution in [0.25, 0.3) is 22.2 Å². The van der Waals surface area contributed by atoms with Gasteiger partial charge in [0.25, 0.3) is 0 Å². The number of hydrogen-bond acceptors (Lipinski definition) is 6. The Morgan fingerprint density at radius 3 is 2.66 bits per heavy atom. The third kappa shape index (κ3) is 7.18. The molecular weight excluding hydrogens is 571 g/mol. The van der Waals surface area contributed by atoms with Gasteiger partial charge in [-0.2, -0.15) is 13.2 Å². The lowest BCUT2D eigenvalue weighted by molar-refractivity contribution is -0.137. The number of carboxylic acid groups (broad SMARTS) is 1. The van der Waals surface area contributed by atoms with Gasteiger partial charge in [-0.1, -0.05) is 31.8 Å². The van der Waals surface area contributed by atoms with Crippen LogP contribution in [0.3, 0.4) is 0 Å². The van der Waals surface area contributed by atoms with Gasteiger partial charge in [0.05, 0.1) is 11.2 Å². The Balaban J connectivity index is 1.73. The first-order valence-electron chi connectivity index (χ1n) is 13.6. The summed E-state index contributed by atoms with van der Waals surface area (Å²) in [5.41, 5.74) is -0.585. The van der Waals surface area contributed by atoms with E-state index in [0.29, 0.717) is 30.4 Å². The van der Waals surface area contributed by atoms with Crippen LogP contribution in [0.5, 0.6) is 0 Å². The molecule has 0 aliphatic carbocycles. The number of likely N-dealkylation sites (tertiary alicyclic amines) is 1. The molecule has 0 spiro atoms. The maximum atomic E-state index is 14.3. The number of ether oxygens (including phenoxy) is 1. The number of alkyl halides is 3. The largest absolute Gasteiger partial charge is 0.465 e. The number of nitrogens with zero attached hydrogens (tertiary/aromatic N) is 4. The number of hydrogen-bond donors (Lipinski definition) is 2. The summed E-state index contributed by atoms with van der Waals surface area (Å²) in [6, 6.07) is 6.20. The van der Waals surface area contributed by atoms with E-state index < -0.39 is 31.4 Å². The van der Waals surface area contributed by atoms with E-state index in [1.54, 1.807) is 12.3 Å². The van der Waals surface area contributed by atoms with Crippen molar-refractivity contribution in [3.63, 3.8) is 0 Å². The average molecular weight is 610 g/mol. The molecule has 2 aromatic heterocycles. The minimum absolute atomic E-state index is 0.0244. The van der Waals surface area contributed by atoms with Crippen molar-refractivity contribution >= 4 is 42.8 Å². The van der Waals surface area contributed by atoms with Crippen molar-refractivity contribution in [2.75, 3.05) is 24.7 Å². The number of thioether (sulfide) groups is 1. The predicted octanol–water partition coefficient (Wildman–Crippen LogP) is 7.48. The fraction of sp³-hybridized carbons (Fsp3) is 0.536. The lowest BCUT2D eigenvalue weighted by Gasteiger charge is -2.43. The third-order valence-corrected chi connectivity index (χ3v) is 9.93. The normalized spacial score (nSPS) is 17.7. The zero-order chi connectivity index (χ0) is 30.2. The summed E-state index contributed by atoms with van der Waals surface area (Å²) in [6.45, 7) is 11.5. The maximum Gasteiger partial charge on any atom is 0.419 e. The van der Waals surface area contributed by atoms with Crippen LogP contribution >= 0.6 is 11.8 Å². The zero-order valence-corrected chi connectivity index (χ0v) is 26.1. The number of piperidine rings is 1. The van der Waals surface area contributed by atoms with E-state index in [4.69, 9.17) is 4.74 Å². The highest BCUT2D eigenvalue weighted by atomic mass is 32.2. The Morgan fingerprint density at radius 1 is 1.29 bits per heavy atom. The maximum absolute atomic E-state index is 14.3. The van der Waals surface area contributed by atoms with Crippen molar-refractivity contribution in [1.82, 2.24) is 19.4 Å². The van der Waals surface area contributed by atoms with Crippen LogP contribution < -0.4 is 5.32 Å². The second kappa shape index (κ2) is 11.8. The molecule has 1 aliphatic heterocycles. The number of carbonyl (C=O) groups is 1. The van der Waals surface area contributed by atoms with E-state index in [1.807, 2.05) is 36.8 Å². The predicted molar refractivity (Wildman–Crippen MR) is 159 cm³/mol. The van der Waals surface area contributed by atoms with Crippen LogP contribution in [0.1, 0.15) is 32.3 Å². The number of halogens is 3. The number of nitrogens with one attached hydrogen (secondary N) is 1. The zero-order valence-electron chi connectivity index (χ0n) is 24.3. The van der Waals surface area contributed by atoms with Crippen LogP contribution in [-0.2, 0) is 17.6 Å². The summed E-state index contributed by atoms with van der Waals surface area (Å²) >= 11 is 1.51. The summed E-state index contributed by atoms with van der Waals surface area (Å²) in [7, 11) is -1.31. The standard InChI is InChI=1S/C28H38F3N5O3SSi/c1-27(2)11-10-18(15-36(27)26(37)38)33-25-32-14-21(28(29,30)31)23(34-25)20-16-35(17-39-12-13-41(4,5)6)24-19(20)8-7-9-22(24)40-3/h7-9,14,16,18H,10-13,15,17H2,1-6H3,(H,37,38)(H,32,33,34)/t18-/m0/s1. The molecular formula is C28H38F3N5O3SSi. The number of aromatic nitrogens is 3. The molecule has 2 N–H and O–H groups in total. The van der Waals surface area contributed by atoms with Crippen molar-refractivity contribution in [2.45, 2.75) is 81.8 Å². The topological polar surface area (TPSA) is 92.5 Å². The van der Waals surface area contributed by atoms with Crippen LogP contribution in [0, 0.1) is 0 Å². The molecule has 0 radical (unpaired) electrons. The highest BCUT2D eigenvalue weighted by Gasteiger charge is 2.39. The molecule has 224 valence electrons. The average Bonchev–Trinajstić information content (AvgIpc) is 3.25. The molecule has 1 atom stereocenters. The molecule has 3 aromatic rings. The van der Waals surface area contributed by atoms with Gasteiger partial charge in [0.1, 0.15) is 12.3 Å². The van der Waals surface area contributed by atoms with Crippen molar-refractivity contribution in [2.24, 2.45) is 0 Å². The minimum atomic E-state index is -4.68. The third-order valence-electron chi connectivity index (χ3n) is 7.46. The molecule has 1 amide bonds. The van der Waals surface area contributed by atoms with Gasteiger partial charge < -0.3 is 24.6 Å². The van der Waals surface area contributed by atoms with E-state index in [-0.39, 0.29) is 31.0 Å². The Morgan fingerprint density at radius 2 is 2.02 bits per heavy atom. The first kappa shape index (κ1) is 31.2. The molecule has 41 heavy (non-hydrogen) atoms. The first-order valence-corrected chi connectivity index (χ1v) is 18.5. The SMILES string of the molecule is CSc1cccc2c(-c3nc(N[C@H]4CCC(C)(C)N(C(=O)O)C4)ncc3C(F)(F)F)cn(COCC[Si](C)(C)C)c12. The van der Waals surface area contributed by atoms with E-state index in [0.717, 1.165) is 22.7 Å². The molecule has 4 rings (SSSR count). The van der Waals surface area contributed by atoms with Crippen molar-refractivity contribution in [1.29, 1.82) is 0 Å². The lowest BCUT2D eigenvalue weighted by atomic mass is 9.88. The molecule has 8 nitrogen and oxygen atoms in total. The first-order chi connectivity index (χ1) is 19.1. The monoisotopic (exact) mass is 609 g/mol. The fourth-order valence-electron chi connectivity index (χ4n) is 5.05. The molecule has 13 heteroatoms. The van der Waals surface area contributed by atoms with E-state index in [2.05, 4.69) is 34.9 Å². The van der Waals surface area contributed by atoms with Gasteiger partial charge in [-0.15, -0.1) is 11.8 Å². The highest BCUT2D eigenvalue weighted by Crippen LogP contribution is 2.41. The molecule has 0 saturated carbocycles. The van der Waals surface area contributed by atoms with Crippen molar-refractivity contribution in [3.8, 4) is 11.3 Å². The number of benzene rings is 1. The van der Waals surface area contributed by atoms with Gasteiger partial charge in [0, 0.05) is 61.0 Å². The Labute approximate surface area is 243 Å². The number of amides is 1. The number of para-hydroxylation sites is 1. The molecule has 1 aliphatic rings. The van der Waals surface area contributed by atoms with E-state index >= 15 is 0 Å². The van der Waals surface area contributed by atoms with Gasteiger partial charge >= 0.3 is 12.3 Å². The van der Waals surface area contributed by atoms with E-state index in [9.17, 15) is 23.1 Å². The van der Waals surface area contributed by atoms with E-state index in [1.165, 1.54) is 16.7 Å². The number of anilines is 1. The molecule has 1 aromatic carbocycles. The number of fused-ring (bicyclic) bond motifs is 1. The number of rotatable bonds is 9. The Hall–Kier alpha value is -2.77. The van der Waals surface area contributed by atoms with Crippen LogP contribution in [0.15, 0.2) is 35.5 Å². The summed E-state index contributed by atoms with van der Waals surface area (Å²) in [5, 5.41) is 13.4. The summed E-state index contributed by atoms with van der Waals surface area (Å²) in [6.07, 6.45) is -0.0947. The molecule has 1 fully saturated rings. The summed E-state index contributed by atoms with van der Waals surface area (Å²) in [5.74, 6) is 0.0244. The Kier molecular flexibility index (Phi) is 9.00. The van der Waals surface area contributed by atoms with Gasteiger partial charge in [-0.25, -0.2) is 14.8 Å². The quantitative estimate of drug-likeness (QED) is 0.148. The van der Waals surface area contributed by atoms with Crippen molar-refractivity contribution in [3.05, 3.63) is 36.2 Å². The van der Waals surface area contributed by atoms with Gasteiger partial charge in [0.2, 0.25) is 5.95 Å². The second-order valence-corrected chi connectivity index (χ2v) is 18.7. The van der Waals surface area contributed by atoms with Gasteiger partial charge in [0.15, 0.2) is 0 Å². The van der Waals surface area contributed by atoms with Crippen LogP contribution in [0.4, 0.5) is 23.9 Å². The van der Waals surface area contributed by atoms with Gasteiger partial charge in [-0.05, 0) is 45.1 Å². The van der Waals surface area contributed by atoms with Crippen LogP contribution in [-0.4, -0.2) is 69.7 Å². The Bertz CT molecular complexity index is 1410. The molecule has 0 unspecified atom stereocenters. The summed E-state index contributed by atoms with van der Waals surface area (Å²) in [4.78, 5) is 22.5. The minimum Gasteiger partial charge on any atom is -0.465 e. The molecule has 0 bridgehead atoms. The molecule has 3 heterocycles. The fourth-order valence-corrected chi connectivity index (χ4v) is 6.44. The lowest BCUT2D eigenvalue weighted by Crippen LogP contribution is -2.55. The molecule has 1 saturated heterocycles. The van der Waals surface area contributed by atoms with Gasteiger partial charge in [-0.3, -0.25) is 0 Å². The highest BCUT2D eigenvalue weighted by molar-refractivity contribution is 7.98. The summed E-state index contributed by atoms with van der Waals surface area (Å²) < 4.78 is 50.6. The van der Waals surface area contributed by atoms with Crippen molar-refractivity contribution < 1.29 is 27.8 Å². The van der Waals surface area contributed by atoms with Crippen LogP contribution in [0.2, 0.25) is 25.7 Å². The second-order valence-electron chi connectivity index (χ2n) is 12.3. The smallest absolute Gasteiger partial charge is 0.419 e.